The van der Waals surface area contributed by atoms with Gasteiger partial charge in [0, 0.05) is 25.2 Å². The maximum absolute atomic E-state index is 3.44. The molecule has 2 heterocycles. The lowest BCUT2D eigenvalue weighted by atomic mass is 10.2. The van der Waals surface area contributed by atoms with E-state index in [0.717, 1.165) is 12.1 Å². The van der Waals surface area contributed by atoms with Crippen molar-refractivity contribution >= 4 is 0 Å². The predicted molar refractivity (Wildman–Crippen MR) is 78.2 cm³/mol. The van der Waals surface area contributed by atoms with E-state index in [9.17, 15) is 0 Å². The highest BCUT2D eigenvalue weighted by Gasteiger charge is 2.34. The Balaban J connectivity index is -0.000000183. The van der Waals surface area contributed by atoms with Gasteiger partial charge in [-0.25, -0.2) is 0 Å². The molecule has 0 saturated carbocycles. The third kappa shape index (κ3) is 8.12. The first kappa shape index (κ1) is 21.2. The van der Waals surface area contributed by atoms with Gasteiger partial charge in [-0.05, 0) is 13.5 Å². The Labute approximate surface area is 105 Å². The van der Waals surface area contributed by atoms with Crippen LogP contribution in [0, 0.1) is 0 Å². The molecule has 2 saturated heterocycles. The van der Waals surface area contributed by atoms with E-state index in [2.05, 4.69) is 17.3 Å². The summed E-state index contributed by atoms with van der Waals surface area (Å²) in [5.74, 6) is 0. The molecule has 2 aliphatic rings. The van der Waals surface area contributed by atoms with Crippen molar-refractivity contribution in [1.82, 2.24) is 10.2 Å². The maximum Gasteiger partial charge on any atom is 0.0233 e. The molecule has 0 aromatic rings. The van der Waals surface area contributed by atoms with Crippen LogP contribution < -0.4 is 5.32 Å². The van der Waals surface area contributed by atoms with Gasteiger partial charge in [-0.15, -0.1) is 0 Å². The highest BCUT2D eigenvalue weighted by molar-refractivity contribution is 4.95. The van der Waals surface area contributed by atoms with E-state index < -0.39 is 0 Å². The minimum atomic E-state index is 0.824. The molecular formula is C14H36N2. The minimum Gasteiger partial charge on any atom is -0.311 e. The van der Waals surface area contributed by atoms with Crippen LogP contribution in [-0.4, -0.2) is 37.1 Å². The number of nitrogens with zero attached hydrogens (tertiary/aromatic N) is 1. The van der Waals surface area contributed by atoms with Gasteiger partial charge in [0.25, 0.3) is 0 Å². The smallest absolute Gasteiger partial charge is 0.0233 e. The molecule has 1 N–H and O–H groups in total. The topological polar surface area (TPSA) is 15.3 Å². The summed E-state index contributed by atoms with van der Waals surface area (Å²) < 4.78 is 0. The summed E-state index contributed by atoms with van der Waals surface area (Å²) in [6.07, 6.45) is 1.39. The van der Waals surface area contributed by atoms with Crippen LogP contribution in [0.4, 0.5) is 0 Å². The first-order valence-electron chi connectivity index (χ1n) is 7.30. The van der Waals surface area contributed by atoms with Crippen molar-refractivity contribution in [3.8, 4) is 0 Å². The number of fused-ring (bicyclic) bond motifs is 2. The molecule has 0 radical (unpaired) electrons. The highest BCUT2D eigenvalue weighted by atomic mass is 15.3. The quantitative estimate of drug-likeness (QED) is 0.684. The molecule has 2 fully saturated rings. The van der Waals surface area contributed by atoms with Crippen LogP contribution in [0.15, 0.2) is 0 Å². The van der Waals surface area contributed by atoms with Crippen molar-refractivity contribution in [2.24, 2.45) is 0 Å². The number of hydrogen-bond acceptors (Lipinski definition) is 2. The normalized spacial score (nSPS) is 24.6. The molecule has 0 amide bonds. The maximum atomic E-state index is 3.44. The van der Waals surface area contributed by atoms with Crippen molar-refractivity contribution in [3.05, 3.63) is 0 Å². The molecule has 2 atom stereocenters. The van der Waals surface area contributed by atoms with Crippen LogP contribution in [0.3, 0.4) is 0 Å². The van der Waals surface area contributed by atoms with Gasteiger partial charge in [-0.3, -0.25) is 0 Å². The zero-order valence-corrected chi connectivity index (χ0v) is 13.2. The fourth-order valence-electron chi connectivity index (χ4n) is 1.77. The summed E-state index contributed by atoms with van der Waals surface area (Å²) in [6, 6.07) is 1.69. The van der Waals surface area contributed by atoms with E-state index in [4.69, 9.17) is 0 Å². The fraction of sp³-hybridized carbons (Fsp3) is 1.00. The molecule has 2 bridgehead atoms. The molecule has 0 unspecified atom stereocenters. The third-order valence-corrected chi connectivity index (χ3v) is 2.33. The lowest BCUT2D eigenvalue weighted by Gasteiger charge is -2.21. The first-order chi connectivity index (χ1) is 7.86. The van der Waals surface area contributed by atoms with E-state index in [-0.39, 0.29) is 0 Å². The molecule has 0 aromatic heterocycles. The van der Waals surface area contributed by atoms with Gasteiger partial charge in [0.2, 0.25) is 0 Å². The van der Waals surface area contributed by atoms with Crippen LogP contribution in [0.25, 0.3) is 0 Å². The number of nitrogens with one attached hydrogen (secondary N) is 1. The van der Waals surface area contributed by atoms with Crippen molar-refractivity contribution in [2.45, 2.75) is 73.9 Å². The van der Waals surface area contributed by atoms with E-state index in [1.807, 2.05) is 55.4 Å². The summed E-state index contributed by atoms with van der Waals surface area (Å²) in [5, 5.41) is 3.44. The highest BCUT2D eigenvalue weighted by Crippen LogP contribution is 2.20. The fourth-order valence-corrected chi connectivity index (χ4v) is 1.77. The third-order valence-electron chi connectivity index (χ3n) is 2.33. The minimum absolute atomic E-state index is 0.824. The largest absolute Gasteiger partial charge is 0.311 e. The van der Waals surface area contributed by atoms with Crippen LogP contribution in [0.1, 0.15) is 61.8 Å². The summed E-state index contributed by atoms with van der Waals surface area (Å²) in [4.78, 5) is 2.45. The van der Waals surface area contributed by atoms with Crippen LogP contribution in [0.2, 0.25) is 0 Å². The van der Waals surface area contributed by atoms with Crippen molar-refractivity contribution in [2.75, 3.05) is 20.1 Å². The monoisotopic (exact) mass is 232 g/mol. The summed E-state index contributed by atoms with van der Waals surface area (Å²) in [7, 11) is 2.21. The molecule has 0 aliphatic carbocycles. The second-order valence-corrected chi connectivity index (χ2v) is 2.93. The molecule has 0 spiro atoms. The van der Waals surface area contributed by atoms with E-state index in [1.54, 1.807) is 0 Å². The summed E-state index contributed by atoms with van der Waals surface area (Å²) in [6.45, 7) is 18.5. The van der Waals surface area contributed by atoms with Crippen LogP contribution in [0.5, 0.6) is 0 Å². The SMILES string of the molecule is CC.CC.CC.CC.CN1C[C@@H]2C[C@H]1CN2. The van der Waals surface area contributed by atoms with Gasteiger partial charge in [-0.2, -0.15) is 0 Å². The molecule has 0 aromatic carbocycles. The number of likely N-dealkylation sites (tertiary alicyclic amines) is 1. The lowest BCUT2D eigenvalue weighted by Crippen LogP contribution is -2.41. The molecule has 16 heavy (non-hydrogen) atoms. The van der Waals surface area contributed by atoms with Gasteiger partial charge in [0.1, 0.15) is 0 Å². The Morgan fingerprint density at radius 2 is 1.31 bits per heavy atom. The number of rotatable bonds is 0. The number of piperazine rings is 1. The lowest BCUT2D eigenvalue weighted by molar-refractivity contribution is 0.276. The van der Waals surface area contributed by atoms with Crippen LogP contribution in [-0.2, 0) is 0 Å². The Kier molecular flexibility index (Phi) is 23.0. The number of likely N-dealkylation sites (N-methyl/N-ethyl adjacent to an activating group) is 1. The zero-order chi connectivity index (χ0) is 13.6. The van der Waals surface area contributed by atoms with Gasteiger partial charge in [-0.1, -0.05) is 55.4 Å². The van der Waals surface area contributed by atoms with Crippen molar-refractivity contribution in [3.63, 3.8) is 0 Å². The molecule has 2 aliphatic heterocycles. The molecule has 102 valence electrons. The second-order valence-electron chi connectivity index (χ2n) is 2.93. The van der Waals surface area contributed by atoms with Gasteiger partial charge in [0.15, 0.2) is 0 Å². The zero-order valence-electron chi connectivity index (χ0n) is 13.2. The van der Waals surface area contributed by atoms with Crippen LogP contribution >= 0.6 is 0 Å². The standard InChI is InChI=1S/C6H12N2.4C2H6/c1-8-4-5-2-6(8)3-7-5;4*1-2/h5-7H,2-4H2,1H3;4*1-2H3/t5-,6-;;;;/m0..../s1. The van der Waals surface area contributed by atoms with Gasteiger partial charge >= 0.3 is 0 Å². The average molecular weight is 232 g/mol. The predicted octanol–water partition coefficient (Wildman–Crippen LogP) is 3.77. The molecule has 2 nitrogen and oxygen atoms in total. The Hall–Kier alpha value is -0.0800. The van der Waals surface area contributed by atoms with Gasteiger partial charge < -0.3 is 10.2 Å². The van der Waals surface area contributed by atoms with Crippen molar-refractivity contribution in [1.29, 1.82) is 0 Å². The first-order valence-corrected chi connectivity index (χ1v) is 7.30. The van der Waals surface area contributed by atoms with E-state index in [1.165, 1.54) is 19.5 Å². The average Bonchev–Trinajstić information content (AvgIpc) is 3.01. The van der Waals surface area contributed by atoms with Gasteiger partial charge in [0.05, 0.1) is 0 Å². The second kappa shape index (κ2) is 17.3. The molecule has 2 heteroatoms. The Morgan fingerprint density at radius 3 is 1.44 bits per heavy atom. The van der Waals surface area contributed by atoms with E-state index in [0.29, 0.717) is 0 Å². The summed E-state index contributed by atoms with van der Waals surface area (Å²) >= 11 is 0. The molecular weight excluding hydrogens is 196 g/mol. The molecule has 2 rings (SSSR count). The van der Waals surface area contributed by atoms with E-state index >= 15 is 0 Å². The Bertz CT molecular complexity index is 103. The summed E-state index contributed by atoms with van der Waals surface area (Å²) in [5.41, 5.74) is 0. The Morgan fingerprint density at radius 1 is 0.875 bits per heavy atom. The van der Waals surface area contributed by atoms with Crippen molar-refractivity contribution < 1.29 is 0 Å². The number of hydrogen-bond donors (Lipinski definition) is 1.